The second-order valence-corrected chi connectivity index (χ2v) is 8.66. The Morgan fingerprint density at radius 2 is 1.87 bits per heavy atom. The van der Waals surface area contributed by atoms with Crippen LogP contribution in [0.4, 0.5) is 13.2 Å². The predicted molar refractivity (Wildman–Crippen MR) is 107 cm³/mol. The molecule has 0 radical (unpaired) electrons. The van der Waals surface area contributed by atoms with E-state index in [0.29, 0.717) is 11.1 Å². The number of aryl methyl sites for hydroxylation is 1. The first-order chi connectivity index (χ1) is 14.6. The van der Waals surface area contributed by atoms with E-state index in [0.717, 1.165) is 63.5 Å². The molecule has 0 unspecified atom stereocenters. The molecule has 7 nitrogen and oxygen atoms in total. The summed E-state index contributed by atoms with van der Waals surface area (Å²) in [7, 11) is 0. The van der Waals surface area contributed by atoms with E-state index in [2.05, 4.69) is 16.0 Å². The second-order valence-electron chi connectivity index (χ2n) is 7.94. The monoisotopic (exact) mass is 459 g/mol. The summed E-state index contributed by atoms with van der Waals surface area (Å²) in [5, 5.41) is 8.97. The van der Waals surface area contributed by atoms with E-state index in [4.69, 9.17) is 14.3 Å². The van der Waals surface area contributed by atoms with Gasteiger partial charge in [-0.15, -0.1) is 11.3 Å². The minimum Gasteiger partial charge on any atom is -0.475 e. The van der Waals surface area contributed by atoms with Gasteiger partial charge in [-0.1, -0.05) is 0 Å². The maximum absolute atomic E-state index is 12.5. The second kappa shape index (κ2) is 9.39. The van der Waals surface area contributed by atoms with Crippen molar-refractivity contribution in [3.63, 3.8) is 0 Å². The molecule has 0 atom stereocenters. The molecule has 2 saturated heterocycles. The van der Waals surface area contributed by atoms with Crippen molar-refractivity contribution >= 4 is 23.2 Å². The summed E-state index contributed by atoms with van der Waals surface area (Å²) in [6, 6.07) is 4.10. The maximum Gasteiger partial charge on any atom is 0.490 e. The fourth-order valence-corrected chi connectivity index (χ4v) is 4.50. The average molecular weight is 459 g/mol. The van der Waals surface area contributed by atoms with Gasteiger partial charge in [0, 0.05) is 18.5 Å². The summed E-state index contributed by atoms with van der Waals surface area (Å²) in [6.07, 6.45) is -1.64. The molecule has 1 N–H and O–H groups in total. The molecule has 11 heteroatoms. The van der Waals surface area contributed by atoms with Gasteiger partial charge < -0.3 is 14.4 Å². The topological polar surface area (TPSA) is 86.9 Å². The van der Waals surface area contributed by atoms with Crippen LogP contribution in [-0.2, 0) is 11.3 Å². The number of aliphatic carboxylic acids is 1. The highest BCUT2D eigenvalue weighted by Crippen LogP contribution is 2.41. The lowest BCUT2D eigenvalue weighted by Gasteiger charge is -2.38. The first-order valence-corrected chi connectivity index (χ1v) is 10.8. The molecular weight excluding hydrogens is 435 g/mol. The number of nitrogens with zero attached hydrogens (tertiary/aromatic N) is 3. The lowest BCUT2D eigenvalue weighted by Crippen LogP contribution is -2.41. The van der Waals surface area contributed by atoms with Crippen LogP contribution in [0.3, 0.4) is 0 Å². The van der Waals surface area contributed by atoms with Crippen LogP contribution < -0.4 is 0 Å². The Bertz CT molecular complexity index is 890. The van der Waals surface area contributed by atoms with Crippen LogP contribution in [-0.4, -0.2) is 64.1 Å². The van der Waals surface area contributed by atoms with Gasteiger partial charge in [0.2, 0.25) is 0 Å². The number of thiazole rings is 1. The van der Waals surface area contributed by atoms with E-state index in [1.807, 2.05) is 23.3 Å². The van der Waals surface area contributed by atoms with Crippen LogP contribution in [0.1, 0.15) is 41.3 Å². The zero-order chi connectivity index (χ0) is 22.6. The predicted octanol–water partition coefficient (Wildman–Crippen LogP) is 3.81. The zero-order valence-corrected chi connectivity index (χ0v) is 17.8. The molecule has 4 rings (SSSR count). The Balaban J connectivity index is 0.000000339. The maximum atomic E-state index is 12.5. The van der Waals surface area contributed by atoms with Crippen LogP contribution >= 0.6 is 11.3 Å². The molecule has 2 aromatic rings. The number of furan rings is 1. The summed E-state index contributed by atoms with van der Waals surface area (Å²) in [5.74, 6) is -0.630. The van der Waals surface area contributed by atoms with Gasteiger partial charge in [0.25, 0.3) is 5.91 Å². The third kappa shape index (κ3) is 6.07. The highest BCUT2D eigenvalue weighted by atomic mass is 32.1. The number of rotatable bonds is 3. The third-order valence-electron chi connectivity index (χ3n) is 5.71. The highest BCUT2D eigenvalue weighted by Gasteiger charge is 2.42. The Morgan fingerprint density at radius 1 is 1.23 bits per heavy atom. The van der Waals surface area contributed by atoms with Crippen LogP contribution in [0.15, 0.2) is 27.4 Å². The van der Waals surface area contributed by atoms with Gasteiger partial charge in [0.15, 0.2) is 0 Å². The number of amides is 1. The minimum absolute atomic E-state index is 0.0987. The number of carboxylic acids is 1. The van der Waals surface area contributed by atoms with Gasteiger partial charge >= 0.3 is 12.1 Å². The molecule has 2 fully saturated rings. The van der Waals surface area contributed by atoms with Crippen molar-refractivity contribution in [2.75, 3.05) is 26.2 Å². The fourth-order valence-electron chi connectivity index (χ4n) is 3.97. The Morgan fingerprint density at radius 3 is 2.39 bits per heavy atom. The van der Waals surface area contributed by atoms with E-state index >= 15 is 0 Å². The van der Waals surface area contributed by atoms with Crippen LogP contribution in [0, 0.1) is 12.3 Å². The molecule has 1 spiro atoms. The molecule has 2 aliphatic rings. The number of hydrogen-bond acceptors (Lipinski definition) is 6. The first-order valence-electron chi connectivity index (χ1n) is 9.83. The normalized spacial score (nSPS) is 18.6. The number of piperidine rings is 1. The Kier molecular flexibility index (Phi) is 7.05. The molecule has 2 aliphatic heterocycles. The first kappa shape index (κ1) is 23.3. The van der Waals surface area contributed by atoms with Crippen molar-refractivity contribution < 1.29 is 32.3 Å². The smallest absolute Gasteiger partial charge is 0.475 e. The van der Waals surface area contributed by atoms with E-state index in [-0.39, 0.29) is 5.91 Å². The fraction of sp³-hybridized carbons (Fsp3) is 0.550. The van der Waals surface area contributed by atoms with Crippen LogP contribution in [0.25, 0.3) is 0 Å². The molecule has 0 bridgehead atoms. The lowest BCUT2D eigenvalue weighted by atomic mass is 9.78. The summed E-state index contributed by atoms with van der Waals surface area (Å²) >= 11 is 1.48. The average Bonchev–Trinajstić information content (AvgIpc) is 3.45. The standard InChI is InChI=1S/C18H23N3O2S.C2HF3O2/c1-14-2-3-15(23-14)10-20-7-4-18(5-8-20)6-9-21(12-18)17(22)16-11-24-13-19-16;3-2(4,5)1(6)7/h2-3,11,13H,4-10,12H2,1H3;(H,6,7). The Labute approximate surface area is 181 Å². The van der Waals surface area contributed by atoms with Crippen molar-refractivity contribution in [3.05, 3.63) is 40.2 Å². The zero-order valence-electron chi connectivity index (χ0n) is 17.0. The van der Waals surface area contributed by atoms with E-state index in [1.165, 1.54) is 11.3 Å². The molecule has 4 heterocycles. The van der Waals surface area contributed by atoms with Gasteiger partial charge in [-0.3, -0.25) is 9.69 Å². The van der Waals surface area contributed by atoms with Crippen molar-refractivity contribution in [2.45, 2.75) is 38.9 Å². The summed E-state index contributed by atoms with van der Waals surface area (Å²) < 4.78 is 37.4. The molecule has 170 valence electrons. The summed E-state index contributed by atoms with van der Waals surface area (Å²) in [4.78, 5) is 30.0. The molecule has 0 aliphatic carbocycles. The highest BCUT2D eigenvalue weighted by molar-refractivity contribution is 7.07. The number of carboxylic acid groups (broad SMARTS) is 1. The number of carbonyl (C=O) groups excluding carboxylic acids is 1. The van der Waals surface area contributed by atoms with Gasteiger partial charge in [-0.05, 0) is 56.8 Å². The number of aromatic nitrogens is 1. The van der Waals surface area contributed by atoms with Gasteiger partial charge in [-0.2, -0.15) is 13.2 Å². The number of hydrogen-bond donors (Lipinski definition) is 1. The largest absolute Gasteiger partial charge is 0.490 e. The Hall–Kier alpha value is -2.40. The number of likely N-dealkylation sites (tertiary alicyclic amines) is 2. The molecule has 2 aromatic heterocycles. The van der Waals surface area contributed by atoms with E-state index < -0.39 is 12.1 Å². The van der Waals surface area contributed by atoms with E-state index in [1.54, 1.807) is 5.51 Å². The summed E-state index contributed by atoms with van der Waals surface area (Å²) in [5.41, 5.74) is 2.64. The minimum atomic E-state index is -5.08. The number of carbonyl (C=O) groups is 2. The van der Waals surface area contributed by atoms with Gasteiger partial charge in [0.05, 0.1) is 12.1 Å². The molecular formula is C20H24F3N3O4S. The van der Waals surface area contributed by atoms with Crippen molar-refractivity contribution in [3.8, 4) is 0 Å². The van der Waals surface area contributed by atoms with Crippen molar-refractivity contribution in [1.29, 1.82) is 0 Å². The molecule has 31 heavy (non-hydrogen) atoms. The van der Waals surface area contributed by atoms with Crippen LogP contribution in [0.2, 0.25) is 0 Å². The van der Waals surface area contributed by atoms with Gasteiger partial charge in [-0.25, -0.2) is 9.78 Å². The van der Waals surface area contributed by atoms with Gasteiger partial charge in [0.1, 0.15) is 17.2 Å². The molecule has 1 amide bonds. The SMILES string of the molecule is Cc1ccc(CN2CCC3(CC2)CCN(C(=O)c2cscn2)C3)o1.O=C(O)C(F)(F)F. The van der Waals surface area contributed by atoms with Crippen molar-refractivity contribution in [1.82, 2.24) is 14.8 Å². The van der Waals surface area contributed by atoms with E-state index in [9.17, 15) is 18.0 Å². The molecule has 0 saturated carbocycles. The lowest BCUT2D eigenvalue weighted by molar-refractivity contribution is -0.192. The van der Waals surface area contributed by atoms with Crippen molar-refractivity contribution in [2.24, 2.45) is 5.41 Å². The third-order valence-corrected chi connectivity index (χ3v) is 6.30. The number of halogens is 3. The quantitative estimate of drug-likeness (QED) is 0.751. The van der Waals surface area contributed by atoms with Crippen LogP contribution in [0.5, 0.6) is 0 Å². The molecule has 0 aromatic carbocycles. The number of alkyl halides is 3. The summed E-state index contributed by atoms with van der Waals surface area (Å²) in [6.45, 7) is 6.80.